The van der Waals surface area contributed by atoms with E-state index in [1.165, 1.54) is 22.5 Å². The number of aromatic nitrogens is 2. The highest BCUT2D eigenvalue weighted by Gasteiger charge is 2.29. The van der Waals surface area contributed by atoms with Gasteiger partial charge in [0, 0.05) is 43.5 Å². The second-order valence-corrected chi connectivity index (χ2v) is 12.8. The monoisotopic (exact) mass is 563 g/mol. The normalized spacial score (nSPS) is 19.2. The van der Waals surface area contributed by atoms with Crippen LogP contribution in [0.2, 0.25) is 0 Å². The van der Waals surface area contributed by atoms with Crippen LogP contribution in [0.25, 0.3) is 23.0 Å². The zero-order valence-corrected chi connectivity index (χ0v) is 24.1. The van der Waals surface area contributed by atoms with Gasteiger partial charge in [0.2, 0.25) is 10.0 Å². The van der Waals surface area contributed by atoms with Gasteiger partial charge in [0.25, 0.3) is 5.91 Å². The lowest BCUT2D eigenvalue weighted by molar-refractivity contribution is -0.113. The van der Waals surface area contributed by atoms with E-state index in [1.807, 2.05) is 62.5 Å². The standard InChI is InChI=1S/C29H33N5O3S2/c1-4-33(5-2)39(36,37)25-15-9-12-22(17-25)27-23(20-34(31-27)24-13-7-6-8-14-24)18-26-28(35)30-29(38-26)32-16-10-11-21(3)19-32/h6-9,12-15,17-18,20-21H,4-5,10-11,16,19H2,1-3H3. The molecule has 0 aliphatic carbocycles. The van der Waals surface area contributed by atoms with Gasteiger partial charge in [-0.1, -0.05) is 51.1 Å². The predicted octanol–water partition coefficient (Wildman–Crippen LogP) is 5.27. The molecule has 1 saturated heterocycles. The van der Waals surface area contributed by atoms with Gasteiger partial charge in [-0.25, -0.2) is 13.1 Å². The van der Waals surface area contributed by atoms with Gasteiger partial charge >= 0.3 is 0 Å². The van der Waals surface area contributed by atoms with Gasteiger partial charge in [0.05, 0.1) is 15.5 Å². The molecule has 2 aromatic carbocycles. The van der Waals surface area contributed by atoms with Gasteiger partial charge in [-0.05, 0) is 60.9 Å². The number of sulfonamides is 1. The van der Waals surface area contributed by atoms with Gasteiger partial charge in [0.1, 0.15) is 5.69 Å². The molecule has 2 aliphatic rings. The number of hydrogen-bond acceptors (Lipinski definition) is 6. The minimum Gasteiger partial charge on any atom is -0.351 e. The summed E-state index contributed by atoms with van der Waals surface area (Å²) >= 11 is 1.40. The van der Waals surface area contributed by atoms with Gasteiger partial charge in [0.15, 0.2) is 5.17 Å². The number of carbonyl (C=O) groups excluding carboxylic acids is 1. The van der Waals surface area contributed by atoms with Crippen molar-refractivity contribution in [3.63, 3.8) is 0 Å². The number of piperidine rings is 1. The van der Waals surface area contributed by atoms with Crippen molar-refractivity contribution < 1.29 is 13.2 Å². The summed E-state index contributed by atoms with van der Waals surface area (Å²) in [5, 5.41) is 5.59. The SMILES string of the molecule is CCN(CC)S(=O)(=O)c1cccc(-c2nn(-c3ccccc3)cc2C=C2SC(N3CCCC(C)C3)=NC2=O)c1. The third kappa shape index (κ3) is 5.73. The molecule has 1 unspecified atom stereocenters. The third-order valence-electron chi connectivity index (χ3n) is 7.04. The van der Waals surface area contributed by atoms with E-state index >= 15 is 0 Å². The molecule has 39 heavy (non-hydrogen) atoms. The first-order chi connectivity index (χ1) is 18.8. The molecule has 3 heterocycles. The maximum Gasteiger partial charge on any atom is 0.286 e. The second-order valence-electron chi connectivity index (χ2n) is 9.83. The third-order valence-corrected chi connectivity index (χ3v) is 10.1. The first-order valence-electron chi connectivity index (χ1n) is 13.3. The van der Waals surface area contributed by atoms with Crippen molar-refractivity contribution >= 4 is 38.9 Å². The highest BCUT2D eigenvalue weighted by atomic mass is 32.2. The fraction of sp³-hybridized carbons (Fsp3) is 0.345. The Hall–Kier alpha value is -3.21. The van der Waals surface area contributed by atoms with E-state index < -0.39 is 10.0 Å². The van der Waals surface area contributed by atoms with Crippen molar-refractivity contribution in [3.05, 3.63) is 71.3 Å². The van der Waals surface area contributed by atoms with E-state index in [0.29, 0.717) is 35.2 Å². The maximum atomic E-state index is 13.2. The van der Waals surface area contributed by atoms with Crippen molar-refractivity contribution in [2.45, 2.75) is 38.5 Å². The fourth-order valence-corrected chi connectivity index (χ4v) is 7.43. The Balaban J connectivity index is 1.54. The van der Waals surface area contributed by atoms with Crippen LogP contribution in [0, 0.1) is 5.92 Å². The smallest absolute Gasteiger partial charge is 0.286 e. The second kappa shape index (κ2) is 11.5. The summed E-state index contributed by atoms with van der Waals surface area (Å²) in [5.74, 6) is 0.310. The van der Waals surface area contributed by atoms with Crippen molar-refractivity contribution in [2.24, 2.45) is 10.9 Å². The molecule has 0 bridgehead atoms. The van der Waals surface area contributed by atoms with Crippen LogP contribution < -0.4 is 0 Å². The highest BCUT2D eigenvalue weighted by molar-refractivity contribution is 8.18. The van der Waals surface area contributed by atoms with Crippen LogP contribution in [0.3, 0.4) is 0 Å². The first kappa shape index (κ1) is 27.4. The lowest BCUT2D eigenvalue weighted by Gasteiger charge is -2.31. The molecule has 2 aliphatic heterocycles. The molecule has 0 N–H and O–H groups in total. The van der Waals surface area contributed by atoms with Gasteiger partial charge in [-0.3, -0.25) is 4.79 Å². The number of likely N-dealkylation sites (tertiary alicyclic amines) is 1. The van der Waals surface area contributed by atoms with Crippen LogP contribution in [0.5, 0.6) is 0 Å². The average Bonchev–Trinajstić information content (AvgIpc) is 3.53. The largest absolute Gasteiger partial charge is 0.351 e. The summed E-state index contributed by atoms with van der Waals surface area (Å²) in [6.07, 6.45) is 5.98. The fourth-order valence-electron chi connectivity index (χ4n) is 4.98. The van der Waals surface area contributed by atoms with Gasteiger partial charge < -0.3 is 4.90 Å². The van der Waals surface area contributed by atoms with Crippen molar-refractivity contribution in [3.8, 4) is 16.9 Å². The maximum absolute atomic E-state index is 13.2. The summed E-state index contributed by atoms with van der Waals surface area (Å²) in [5.41, 5.74) is 2.83. The Bertz CT molecular complexity index is 1530. The van der Waals surface area contributed by atoms with Crippen LogP contribution in [0.1, 0.15) is 39.2 Å². The Morgan fingerprint density at radius 1 is 1.10 bits per heavy atom. The van der Waals surface area contributed by atoms with E-state index in [1.54, 1.807) is 22.9 Å². The molecule has 1 aromatic heterocycles. The van der Waals surface area contributed by atoms with Crippen molar-refractivity contribution in [1.29, 1.82) is 0 Å². The highest BCUT2D eigenvalue weighted by Crippen LogP contribution is 2.35. The van der Waals surface area contributed by atoms with Crippen LogP contribution in [0.4, 0.5) is 0 Å². The molecule has 204 valence electrons. The molecular weight excluding hydrogens is 530 g/mol. The minimum atomic E-state index is -3.64. The molecule has 0 radical (unpaired) electrons. The number of benzene rings is 2. The van der Waals surface area contributed by atoms with Crippen LogP contribution in [0.15, 0.2) is 75.6 Å². The lowest BCUT2D eigenvalue weighted by atomic mass is 10.0. The summed E-state index contributed by atoms with van der Waals surface area (Å²) in [6.45, 7) is 8.46. The van der Waals surface area contributed by atoms with Gasteiger partial charge in [-0.15, -0.1) is 0 Å². The topological polar surface area (TPSA) is 87.9 Å². The first-order valence-corrected chi connectivity index (χ1v) is 15.6. The number of para-hydroxylation sites is 1. The van der Waals surface area contributed by atoms with E-state index in [2.05, 4.69) is 16.8 Å². The van der Waals surface area contributed by atoms with Gasteiger partial charge in [-0.2, -0.15) is 14.4 Å². The molecule has 3 aromatic rings. The van der Waals surface area contributed by atoms with E-state index in [0.717, 1.165) is 35.9 Å². The Morgan fingerprint density at radius 3 is 2.59 bits per heavy atom. The lowest BCUT2D eigenvalue weighted by Crippen LogP contribution is -2.37. The van der Waals surface area contributed by atoms with Crippen molar-refractivity contribution in [1.82, 2.24) is 19.0 Å². The zero-order valence-electron chi connectivity index (χ0n) is 22.4. The Kier molecular flexibility index (Phi) is 8.06. The molecule has 0 spiro atoms. The molecular formula is C29H33N5O3S2. The molecule has 1 atom stereocenters. The van der Waals surface area contributed by atoms with E-state index in [-0.39, 0.29) is 10.8 Å². The van der Waals surface area contributed by atoms with E-state index in [4.69, 9.17) is 5.10 Å². The number of rotatable bonds is 7. The number of thioether (sulfide) groups is 1. The predicted molar refractivity (Wildman–Crippen MR) is 157 cm³/mol. The van der Waals surface area contributed by atoms with Crippen molar-refractivity contribution in [2.75, 3.05) is 26.2 Å². The summed E-state index contributed by atoms with van der Waals surface area (Å²) in [4.78, 5) is 20.3. The number of carbonyl (C=O) groups is 1. The molecule has 10 heteroatoms. The summed E-state index contributed by atoms with van der Waals surface area (Å²) in [7, 11) is -3.64. The number of aliphatic imine (C=N–C) groups is 1. The Labute approximate surface area is 234 Å². The minimum absolute atomic E-state index is 0.215. The number of amidine groups is 1. The number of amides is 1. The summed E-state index contributed by atoms with van der Waals surface area (Å²) in [6, 6.07) is 16.6. The molecule has 0 saturated carbocycles. The van der Waals surface area contributed by atoms with Crippen LogP contribution in [-0.4, -0.2) is 64.7 Å². The number of nitrogens with zero attached hydrogens (tertiary/aromatic N) is 5. The van der Waals surface area contributed by atoms with E-state index in [9.17, 15) is 13.2 Å². The van der Waals surface area contributed by atoms with Crippen LogP contribution in [-0.2, 0) is 14.8 Å². The molecule has 5 rings (SSSR count). The zero-order chi connectivity index (χ0) is 27.6. The Morgan fingerprint density at radius 2 is 1.87 bits per heavy atom. The molecule has 1 amide bonds. The molecule has 1 fully saturated rings. The summed E-state index contributed by atoms with van der Waals surface area (Å²) < 4.78 is 29.7. The van der Waals surface area contributed by atoms with Crippen LogP contribution >= 0.6 is 11.8 Å². The number of hydrogen-bond donors (Lipinski definition) is 0. The quantitative estimate of drug-likeness (QED) is 0.364. The molecule has 8 nitrogen and oxygen atoms in total. The average molecular weight is 564 g/mol.